The van der Waals surface area contributed by atoms with Crippen molar-refractivity contribution in [1.82, 2.24) is 4.98 Å². The van der Waals surface area contributed by atoms with Gasteiger partial charge in [-0.3, -0.25) is 0 Å². The van der Waals surface area contributed by atoms with Gasteiger partial charge in [-0.15, -0.1) is 0 Å². The minimum Gasteiger partial charge on any atom is -0.379 e. The second-order valence-corrected chi connectivity index (χ2v) is 8.02. The van der Waals surface area contributed by atoms with Gasteiger partial charge in [0.05, 0.1) is 6.20 Å². The topological polar surface area (TPSA) is 56.3 Å². The molecular formula is C16H18ClNO3S. The van der Waals surface area contributed by atoms with E-state index in [0.29, 0.717) is 5.75 Å². The van der Waals surface area contributed by atoms with E-state index in [9.17, 15) is 8.42 Å². The molecule has 4 nitrogen and oxygen atoms in total. The van der Waals surface area contributed by atoms with E-state index in [1.165, 1.54) is 18.3 Å². The predicted octanol–water partition coefficient (Wildman–Crippen LogP) is 4.11. The minimum atomic E-state index is -3.92. The Balaban J connectivity index is 2.32. The summed E-state index contributed by atoms with van der Waals surface area (Å²) in [6.07, 6.45) is 1.18. The zero-order chi connectivity index (χ0) is 16.5. The Morgan fingerprint density at radius 1 is 1.14 bits per heavy atom. The summed E-state index contributed by atoms with van der Waals surface area (Å²) in [5, 5.41) is 0.227. The molecule has 2 aromatic rings. The highest BCUT2D eigenvalue weighted by Gasteiger charge is 2.20. The van der Waals surface area contributed by atoms with Crippen LogP contribution in [-0.4, -0.2) is 13.4 Å². The van der Waals surface area contributed by atoms with E-state index in [1.54, 1.807) is 6.07 Å². The lowest BCUT2D eigenvalue weighted by Crippen LogP contribution is -2.13. The summed E-state index contributed by atoms with van der Waals surface area (Å²) >= 11 is 5.66. The van der Waals surface area contributed by atoms with Crippen LogP contribution in [0.5, 0.6) is 5.75 Å². The highest BCUT2D eigenvalue weighted by molar-refractivity contribution is 7.87. The Bertz CT molecular complexity index is 778. The summed E-state index contributed by atoms with van der Waals surface area (Å²) < 4.78 is 29.7. The average molecular weight is 340 g/mol. The maximum Gasteiger partial charge on any atom is 0.340 e. The standard InChI is InChI=1S/C16H18ClNO3S/c1-11-9-12(16(2,3)4)5-7-14(11)21-22(19,20)13-6-8-15(17)18-10-13/h5-10H,1-4H3. The lowest BCUT2D eigenvalue weighted by atomic mass is 9.86. The Kier molecular flexibility index (Phi) is 4.49. The fourth-order valence-corrected chi connectivity index (χ4v) is 2.93. The van der Waals surface area contributed by atoms with Crippen LogP contribution in [0, 0.1) is 6.92 Å². The molecule has 0 saturated heterocycles. The van der Waals surface area contributed by atoms with Crippen molar-refractivity contribution in [1.29, 1.82) is 0 Å². The molecule has 118 valence electrons. The van der Waals surface area contributed by atoms with Gasteiger partial charge in [-0.25, -0.2) is 4.98 Å². The van der Waals surface area contributed by atoms with Crippen molar-refractivity contribution in [3.8, 4) is 5.75 Å². The molecule has 0 aliphatic heterocycles. The number of hydrogen-bond donors (Lipinski definition) is 0. The quantitative estimate of drug-likeness (QED) is 0.623. The van der Waals surface area contributed by atoms with Gasteiger partial charge in [0.1, 0.15) is 15.8 Å². The average Bonchev–Trinajstić information content (AvgIpc) is 2.40. The molecule has 0 atom stereocenters. The Morgan fingerprint density at radius 3 is 2.32 bits per heavy atom. The molecule has 0 spiro atoms. The zero-order valence-corrected chi connectivity index (χ0v) is 14.5. The second-order valence-electron chi connectivity index (χ2n) is 6.08. The minimum absolute atomic E-state index is 0.0116. The summed E-state index contributed by atoms with van der Waals surface area (Å²) in [5.74, 6) is 0.308. The van der Waals surface area contributed by atoms with E-state index in [-0.39, 0.29) is 15.5 Å². The molecule has 1 heterocycles. The first-order valence-electron chi connectivity index (χ1n) is 6.77. The molecule has 0 N–H and O–H groups in total. The third-order valence-corrected chi connectivity index (χ3v) is 4.67. The third-order valence-electron chi connectivity index (χ3n) is 3.23. The largest absolute Gasteiger partial charge is 0.379 e. The van der Waals surface area contributed by atoms with Crippen LogP contribution in [0.15, 0.2) is 41.4 Å². The highest BCUT2D eigenvalue weighted by Crippen LogP contribution is 2.29. The van der Waals surface area contributed by atoms with Gasteiger partial charge in [0, 0.05) is 0 Å². The molecule has 1 aromatic carbocycles. The number of rotatable bonds is 3. The molecule has 0 radical (unpaired) electrons. The van der Waals surface area contributed by atoms with Gasteiger partial charge in [0.15, 0.2) is 0 Å². The lowest BCUT2D eigenvalue weighted by molar-refractivity contribution is 0.483. The molecule has 0 fully saturated rings. The fraction of sp³-hybridized carbons (Fsp3) is 0.312. The smallest absolute Gasteiger partial charge is 0.340 e. The molecule has 0 saturated carbocycles. The molecule has 0 aliphatic rings. The summed E-state index contributed by atoms with van der Waals surface area (Å²) in [5.41, 5.74) is 1.86. The van der Waals surface area contributed by atoms with Crippen LogP contribution in [0.2, 0.25) is 5.15 Å². The van der Waals surface area contributed by atoms with Crippen molar-refractivity contribution in [3.05, 3.63) is 52.8 Å². The predicted molar refractivity (Wildman–Crippen MR) is 86.9 cm³/mol. The van der Waals surface area contributed by atoms with Crippen molar-refractivity contribution in [3.63, 3.8) is 0 Å². The molecular weight excluding hydrogens is 322 g/mol. The summed E-state index contributed by atoms with van der Waals surface area (Å²) in [4.78, 5) is 3.73. The zero-order valence-electron chi connectivity index (χ0n) is 12.9. The first kappa shape index (κ1) is 16.8. The van der Waals surface area contributed by atoms with Crippen molar-refractivity contribution in [2.45, 2.75) is 38.0 Å². The molecule has 6 heteroatoms. The first-order valence-corrected chi connectivity index (χ1v) is 8.55. The number of benzene rings is 1. The van der Waals surface area contributed by atoms with Gasteiger partial charge in [-0.1, -0.05) is 44.5 Å². The Morgan fingerprint density at radius 2 is 1.82 bits per heavy atom. The Labute approximate surface area is 136 Å². The molecule has 2 rings (SSSR count). The third kappa shape index (κ3) is 3.78. The number of aromatic nitrogens is 1. The summed E-state index contributed by atoms with van der Waals surface area (Å²) in [7, 11) is -3.92. The van der Waals surface area contributed by atoms with Crippen LogP contribution >= 0.6 is 11.6 Å². The van der Waals surface area contributed by atoms with E-state index in [1.807, 2.05) is 19.1 Å². The van der Waals surface area contributed by atoms with Gasteiger partial charge >= 0.3 is 10.1 Å². The van der Waals surface area contributed by atoms with E-state index in [4.69, 9.17) is 15.8 Å². The number of nitrogens with zero attached hydrogens (tertiary/aromatic N) is 1. The van der Waals surface area contributed by atoms with E-state index < -0.39 is 10.1 Å². The van der Waals surface area contributed by atoms with Crippen LogP contribution in [0.3, 0.4) is 0 Å². The van der Waals surface area contributed by atoms with Crippen molar-refractivity contribution >= 4 is 21.7 Å². The fourth-order valence-electron chi connectivity index (χ4n) is 1.89. The normalized spacial score (nSPS) is 12.2. The first-order chi connectivity index (χ1) is 10.1. The molecule has 0 amide bonds. The molecule has 0 unspecified atom stereocenters. The summed E-state index contributed by atoms with van der Waals surface area (Å²) in [6, 6.07) is 8.26. The van der Waals surface area contributed by atoms with E-state index in [0.717, 1.165) is 11.1 Å². The lowest BCUT2D eigenvalue weighted by Gasteiger charge is -2.20. The van der Waals surface area contributed by atoms with Crippen LogP contribution in [0.25, 0.3) is 0 Å². The molecule has 22 heavy (non-hydrogen) atoms. The van der Waals surface area contributed by atoms with Gasteiger partial charge in [-0.05, 0) is 41.7 Å². The maximum absolute atomic E-state index is 12.2. The van der Waals surface area contributed by atoms with Crippen molar-refractivity contribution < 1.29 is 12.6 Å². The van der Waals surface area contributed by atoms with E-state index >= 15 is 0 Å². The van der Waals surface area contributed by atoms with Gasteiger partial charge in [0.25, 0.3) is 0 Å². The number of halogens is 1. The van der Waals surface area contributed by atoms with Gasteiger partial charge in [-0.2, -0.15) is 8.42 Å². The maximum atomic E-state index is 12.2. The molecule has 0 bridgehead atoms. The number of hydrogen-bond acceptors (Lipinski definition) is 4. The van der Waals surface area contributed by atoms with Crippen LogP contribution < -0.4 is 4.18 Å². The van der Waals surface area contributed by atoms with Gasteiger partial charge in [0.2, 0.25) is 0 Å². The number of pyridine rings is 1. The van der Waals surface area contributed by atoms with Crippen molar-refractivity contribution in [2.75, 3.05) is 0 Å². The summed E-state index contributed by atoms with van der Waals surface area (Å²) in [6.45, 7) is 8.11. The van der Waals surface area contributed by atoms with Crippen LogP contribution in [-0.2, 0) is 15.5 Å². The monoisotopic (exact) mass is 339 g/mol. The second kappa shape index (κ2) is 5.89. The van der Waals surface area contributed by atoms with Gasteiger partial charge < -0.3 is 4.18 Å². The van der Waals surface area contributed by atoms with Crippen LogP contribution in [0.4, 0.5) is 0 Å². The number of aryl methyl sites for hydroxylation is 1. The van der Waals surface area contributed by atoms with Crippen molar-refractivity contribution in [2.24, 2.45) is 0 Å². The Hall–Kier alpha value is -1.59. The van der Waals surface area contributed by atoms with Crippen LogP contribution in [0.1, 0.15) is 31.9 Å². The highest BCUT2D eigenvalue weighted by atomic mass is 35.5. The molecule has 1 aromatic heterocycles. The van der Waals surface area contributed by atoms with E-state index in [2.05, 4.69) is 25.8 Å². The SMILES string of the molecule is Cc1cc(C(C)(C)C)ccc1OS(=O)(=O)c1ccc(Cl)nc1. The molecule has 0 aliphatic carbocycles.